The number of halogens is 1. The van der Waals surface area contributed by atoms with Crippen LogP contribution in [0.4, 0.5) is 10.1 Å². The Morgan fingerprint density at radius 2 is 2.25 bits per heavy atom. The van der Waals surface area contributed by atoms with Gasteiger partial charge in [0.05, 0.1) is 5.56 Å². The molecule has 1 aliphatic rings. The van der Waals surface area contributed by atoms with Crippen molar-refractivity contribution in [1.82, 2.24) is 0 Å². The maximum absolute atomic E-state index is 13.4. The maximum atomic E-state index is 13.4. The lowest BCUT2D eigenvalue weighted by atomic mass is 10.1. The minimum absolute atomic E-state index is 0.165. The SMILES string of the molecule is CC1CC1CN(C)c1cccc(F)c1C=O. The van der Waals surface area contributed by atoms with Gasteiger partial charge in [0.15, 0.2) is 6.29 Å². The summed E-state index contributed by atoms with van der Waals surface area (Å²) in [5, 5.41) is 0. The zero-order valence-electron chi connectivity index (χ0n) is 9.61. The molecule has 0 saturated heterocycles. The summed E-state index contributed by atoms with van der Waals surface area (Å²) in [7, 11) is 1.91. The summed E-state index contributed by atoms with van der Waals surface area (Å²) in [5.74, 6) is 1.01. The average molecular weight is 221 g/mol. The number of anilines is 1. The van der Waals surface area contributed by atoms with Crippen LogP contribution in [-0.4, -0.2) is 19.9 Å². The number of hydrogen-bond donors (Lipinski definition) is 0. The van der Waals surface area contributed by atoms with E-state index in [1.54, 1.807) is 12.1 Å². The topological polar surface area (TPSA) is 20.3 Å². The number of carbonyl (C=O) groups excluding carboxylic acids is 1. The van der Waals surface area contributed by atoms with Crippen LogP contribution in [0.1, 0.15) is 23.7 Å². The molecule has 0 aliphatic heterocycles. The molecule has 2 nitrogen and oxygen atoms in total. The third-order valence-electron chi connectivity index (χ3n) is 3.34. The Kier molecular flexibility index (Phi) is 2.95. The molecule has 2 unspecified atom stereocenters. The highest BCUT2D eigenvalue weighted by molar-refractivity contribution is 5.84. The van der Waals surface area contributed by atoms with Crippen molar-refractivity contribution >= 4 is 12.0 Å². The summed E-state index contributed by atoms with van der Waals surface area (Å²) in [4.78, 5) is 12.8. The zero-order chi connectivity index (χ0) is 11.7. The second-order valence-electron chi connectivity index (χ2n) is 4.64. The minimum atomic E-state index is -0.441. The molecule has 3 heteroatoms. The Labute approximate surface area is 95.1 Å². The lowest BCUT2D eigenvalue weighted by Gasteiger charge is -2.21. The fourth-order valence-corrected chi connectivity index (χ4v) is 2.08. The zero-order valence-corrected chi connectivity index (χ0v) is 9.61. The molecule has 2 rings (SSSR count). The predicted molar refractivity (Wildman–Crippen MR) is 62.3 cm³/mol. The normalized spacial score (nSPS) is 22.9. The molecule has 1 aliphatic carbocycles. The summed E-state index contributed by atoms with van der Waals surface area (Å²) in [6, 6.07) is 4.76. The smallest absolute Gasteiger partial charge is 0.155 e. The monoisotopic (exact) mass is 221 g/mol. The molecule has 86 valence electrons. The highest BCUT2D eigenvalue weighted by Gasteiger charge is 2.33. The fourth-order valence-electron chi connectivity index (χ4n) is 2.08. The van der Waals surface area contributed by atoms with E-state index in [2.05, 4.69) is 6.92 Å². The Morgan fingerprint density at radius 3 is 2.81 bits per heavy atom. The van der Waals surface area contributed by atoms with E-state index >= 15 is 0 Å². The van der Waals surface area contributed by atoms with Crippen LogP contribution in [0, 0.1) is 17.7 Å². The van der Waals surface area contributed by atoms with E-state index in [9.17, 15) is 9.18 Å². The van der Waals surface area contributed by atoms with Gasteiger partial charge in [0.25, 0.3) is 0 Å². The molecule has 2 atom stereocenters. The van der Waals surface area contributed by atoms with Gasteiger partial charge in [-0.05, 0) is 30.4 Å². The Bertz CT molecular complexity index is 405. The van der Waals surface area contributed by atoms with E-state index in [0.29, 0.717) is 17.9 Å². The van der Waals surface area contributed by atoms with Crippen LogP contribution in [0.2, 0.25) is 0 Å². The molecule has 1 saturated carbocycles. The van der Waals surface area contributed by atoms with E-state index in [0.717, 1.165) is 12.5 Å². The van der Waals surface area contributed by atoms with Gasteiger partial charge >= 0.3 is 0 Å². The molecule has 0 aromatic heterocycles. The van der Waals surface area contributed by atoms with Crippen LogP contribution < -0.4 is 4.90 Å². The molecule has 1 aromatic rings. The summed E-state index contributed by atoms with van der Waals surface area (Å²) in [6.07, 6.45) is 1.83. The number of hydrogen-bond acceptors (Lipinski definition) is 2. The third kappa shape index (κ3) is 2.08. The van der Waals surface area contributed by atoms with Gasteiger partial charge in [-0.2, -0.15) is 0 Å². The Balaban J connectivity index is 2.18. The molecular weight excluding hydrogens is 205 g/mol. The van der Waals surface area contributed by atoms with Gasteiger partial charge in [-0.1, -0.05) is 13.0 Å². The molecule has 0 bridgehead atoms. The number of rotatable bonds is 4. The number of nitrogens with zero attached hydrogens (tertiary/aromatic N) is 1. The standard InChI is InChI=1S/C13H16FNO/c1-9-6-10(9)7-15(2)13-5-3-4-12(14)11(13)8-16/h3-5,8-10H,6-7H2,1-2H3. The van der Waals surface area contributed by atoms with Crippen LogP contribution in [0.3, 0.4) is 0 Å². The largest absolute Gasteiger partial charge is 0.374 e. The quantitative estimate of drug-likeness (QED) is 0.729. The van der Waals surface area contributed by atoms with Crippen molar-refractivity contribution in [2.45, 2.75) is 13.3 Å². The van der Waals surface area contributed by atoms with Crippen molar-refractivity contribution in [2.24, 2.45) is 11.8 Å². The Morgan fingerprint density at radius 1 is 1.56 bits per heavy atom. The number of benzene rings is 1. The first-order chi connectivity index (χ1) is 7.63. The van der Waals surface area contributed by atoms with E-state index in [1.807, 2.05) is 11.9 Å². The highest BCUT2D eigenvalue weighted by Crippen LogP contribution is 2.39. The first kappa shape index (κ1) is 11.1. The van der Waals surface area contributed by atoms with Gasteiger partial charge in [-0.3, -0.25) is 4.79 Å². The van der Waals surface area contributed by atoms with Gasteiger partial charge in [-0.15, -0.1) is 0 Å². The van der Waals surface area contributed by atoms with Crippen molar-refractivity contribution < 1.29 is 9.18 Å². The second-order valence-corrected chi connectivity index (χ2v) is 4.64. The van der Waals surface area contributed by atoms with Crippen LogP contribution in [0.25, 0.3) is 0 Å². The summed E-state index contributed by atoms with van der Waals surface area (Å²) >= 11 is 0. The van der Waals surface area contributed by atoms with Crippen molar-refractivity contribution in [1.29, 1.82) is 0 Å². The van der Waals surface area contributed by atoms with E-state index in [-0.39, 0.29) is 5.56 Å². The average Bonchev–Trinajstić information content (AvgIpc) is 2.93. The molecule has 1 fully saturated rings. The van der Waals surface area contributed by atoms with Gasteiger partial charge < -0.3 is 4.90 Å². The van der Waals surface area contributed by atoms with Crippen molar-refractivity contribution in [3.05, 3.63) is 29.6 Å². The number of aldehydes is 1. The molecule has 0 heterocycles. The summed E-state index contributed by atoms with van der Waals surface area (Å²) < 4.78 is 13.4. The van der Waals surface area contributed by atoms with Gasteiger partial charge in [0, 0.05) is 19.3 Å². The predicted octanol–water partition coefficient (Wildman–Crippen LogP) is 2.73. The molecule has 0 amide bonds. The first-order valence-electron chi connectivity index (χ1n) is 5.58. The molecule has 0 spiro atoms. The molecule has 0 N–H and O–H groups in total. The van der Waals surface area contributed by atoms with Crippen LogP contribution in [0.15, 0.2) is 18.2 Å². The molecule has 0 radical (unpaired) electrons. The van der Waals surface area contributed by atoms with E-state index in [4.69, 9.17) is 0 Å². The molecular formula is C13H16FNO. The van der Waals surface area contributed by atoms with Crippen molar-refractivity contribution in [2.75, 3.05) is 18.5 Å². The Hall–Kier alpha value is -1.38. The summed E-state index contributed by atoms with van der Waals surface area (Å²) in [6.45, 7) is 3.11. The van der Waals surface area contributed by atoms with Crippen LogP contribution >= 0.6 is 0 Å². The maximum Gasteiger partial charge on any atom is 0.155 e. The lowest BCUT2D eigenvalue weighted by molar-refractivity contribution is 0.112. The highest BCUT2D eigenvalue weighted by atomic mass is 19.1. The fraction of sp³-hybridized carbons (Fsp3) is 0.462. The first-order valence-corrected chi connectivity index (χ1v) is 5.58. The molecule has 1 aromatic carbocycles. The van der Waals surface area contributed by atoms with Gasteiger partial charge in [0.1, 0.15) is 5.82 Å². The minimum Gasteiger partial charge on any atom is -0.374 e. The van der Waals surface area contributed by atoms with Gasteiger partial charge in [-0.25, -0.2) is 4.39 Å². The third-order valence-corrected chi connectivity index (χ3v) is 3.34. The van der Waals surface area contributed by atoms with Crippen molar-refractivity contribution in [3.8, 4) is 0 Å². The van der Waals surface area contributed by atoms with Gasteiger partial charge in [0.2, 0.25) is 0 Å². The summed E-state index contributed by atoms with van der Waals surface area (Å²) in [5.41, 5.74) is 0.854. The van der Waals surface area contributed by atoms with Crippen LogP contribution in [0.5, 0.6) is 0 Å². The van der Waals surface area contributed by atoms with E-state index in [1.165, 1.54) is 12.5 Å². The van der Waals surface area contributed by atoms with E-state index < -0.39 is 5.82 Å². The second kappa shape index (κ2) is 4.24. The number of carbonyl (C=O) groups is 1. The van der Waals surface area contributed by atoms with Crippen LogP contribution in [-0.2, 0) is 0 Å². The molecule has 16 heavy (non-hydrogen) atoms. The van der Waals surface area contributed by atoms with Crippen molar-refractivity contribution in [3.63, 3.8) is 0 Å². The lowest BCUT2D eigenvalue weighted by Crippen LogP contribution is -2.22.